The minimum absolute atomic E-state index is 0.0987. The fourth-order valence-corrected chi connectivity index (χ4v) is 12.4. The van der Waals surface area contributed by atoms with E-state index in [1.165, 1.54) is 11.1 Å². The zero-order chi connectivity index (χ0) is 86.0. The maximum atomic E-state index is 5.22. The summed E-state index contributed by atoms with van der Waals surface area (Å²) in [7, 11) is 1.64. The maximum Gasteiger partial charge on any atom is 0.233 e. The molecule has 0 radical (unpaired) electrons. The first-order chi connectivity index (χ1) is 59.5. The van der Waals surface area contributed by atoms with Crippen molar-refractivity contribution < 1.29 is 4.74 Å². The molecule has 123 heavy (non-hydrogen) atoms. The predicted octanol–water partition coefficient (Wildman–Crippen LogP) is 24.5. The number of hydrogen-bond donors (Lipinski definition) is 12. The molecule has 12 aromatic carbocycles. The Morgan fingerprint density at radius 2 is 0.350 bits per heavy atom. The highest BCUT2D eigenvalue weighted by atomic mass is 16.5. The van der Waals surface area contributed by atoms with Gasteiger partial charge in [0.05, 0.1) is 7.11 Å². The first-order valence-corrected chi connectivity index (χ1v) is 40.2. The number of hydrogen-bond acceptors (Lipinski definition) is 25. The van der Waals surface area contributed by atoms with Gasteiger partial charge >= 0.3 is 0 Å². The lowest BCUT2D eigenvalue weighted by atomic mass is 9.87. The van der Waals surface area contributed by atoms with Gasteiger partial charge in [0.2, 0.25) is 71.4 Å². The second kappa shape index (κ2) is 41.0. The SMILES string of the molecule is COc1ccc(Nc2nc(Nc3cccc(C)c3)nc(Nc3cccc(C)c3)n2)cc1.Cc1ccc(Nc2nc(Nc3cccc(C)c3)nc(Nc3cccc(C)c3)n2)cc1.Cc1cccc(Nc2nc(Nc3ccc(C(C)(C)C)cc3)nc(Nc3cccc(C)c3)n2)c1.Cc1cccc(Nc2nc(Nc3ccccc3)nc(Nc3cccc(C)c3)n2)c1. The normalized spacial score (nSPS) is 10.6. The van der Waals surface area contributed by atoms with Crippen LogP contribution < -0.4 is 68.5 Å². The van der Waals surface area contributed by atoms with E-state index < -0.39 is 0 Å². The molecule has 16 aromatic rings. The molecule has 0 spiro atoms. The summed E-state index contributed by atoms with van der Waals surface area (Å²) in [6.07, 6.45) is 0. The van der Waals surface area contributed by atoms with Crippen LogP contribution in [0, 0.1) is 62.3 Å². The van der Waals surface area contributed by atoms with E-state index >= 15 is 0 Å². The van der Waals surface area contributed by atoms with Crippen LogP contribution >= 0.6 is 0 Å². The number of anilines is 24. The summed E-state index contributed by atoms with van der Waals surface area (Å²) < 4.78 is 5.22. The molecule has 0 saturated carbocycles. The molecule has 4 aromatic heterocycles. The fraction of sp³-hybridized carbons (Fsp3) is 0.143. The number of para-hydroxylation sites is 1. The van der Waals surface area contributed by atoms with Gasteiger partial charge in [-0.15, -0.1) is 0 Å². The smallest absolute Gasteiger partial charge is 0.233 e. The molecule has 0 aliphatic heterocycles. The van der Waals surface area contributed by atoms with Gasteiger partial charge in [-0.1, -0.05) is 166 Å². The van der Waals surface area contributed by atoms with Crippen LogP contribution in [-0.4, -0.2) is 66.9 Å². The Labute approximate surface area is 718 Å². The van der Waals surface area contributed by atoms with Crippen molar-refractivity contribution in [3.05, 3.63) is 353 Å². The first-order valence-electron chi connectivity index (χ1n) is 40.2. The highest BCUT2D eigenvalue weighted by molar-refractivity contribution is 5.69. The molecule has 0 bridgehead atoms. The quantitative estimate of drug-likeness (QED) is 0.0253. The minimum atomic E-state index is 0.0987. The molecule has 0 fully saturated rings. The Bertz CT molecular complexity index is 5930. The maximum absolute atomic E-state index is 5.22. The van der Waals surface area contributed by atoms with Crippen LogP contribution in [0.25, 0.3) is 0 Å². The van der Waals surface area contributed by atoms with Gasteiger partial charge in [0.1, 0.15) is 5.75 Å². The topological polar surface area (TPSA) is 308 Å². The van der Waals surface area contributed by atoms with Crippen LogP contribution in [-0.2, 0) is 5.41 Å². The third-order valence-electron chi connectivity index (χ3n) is 18.4. The molecule has 0 aliphatic carbocycles. The lowest BCUT2D eigenvalue weighted by Crippen LogP contribution is -2.11. The number of aromatic nitrogens is 12. The number of nitrogens with one attached hydrogen (secondary N) is 12. The molecule has 0 aliphatic rings. The van der Waals surface area contributed by atoms with Crippen LogP contribution in [0.15, 0.2) is 297 Å². The molecular formula is C98H100N24O. The second-order valence-corrected chi connectivity index (χ2v) is 30.5. The summed E-state index contributed by atoms with van der Waals surface area (Å²) in [6.45, 7) is 25.0. The Hall–Kier alpha value is -15.9. The third-order valence-corrected chi connectivity index (χ3v) is 18.4. The van der Waals surface area contributed by atoms with Gasteiger partial charge in [-0.05, 0) is 276 Å². The van der Waals surface area contributed by atoms with Crippen molar-refractivity contribution in [2.75, 3.05) is 70.9 Å². The Balaban J connectivity index is 0.000000141. The summed E-state index contributed by atoms with van der Waals surface area (Å²) >= 11 is 0. The van der Waals surface area contributed by atoms with Gasteiger partial charge < -0.3 is 68.5 Å². The number of ether oxygens (including phenoxy) is 1. The molecule has 25 heteroatoms. The van der Waals surface area contributed by atoms with E-state index in [0.29, 0.717) is 71.4 Å². The van der Waals surface area contributed by atoms with Gasteiger partial charge in [-0.25, -0.2) is 0 Å². The van der Waals surface area contributed by atoms with Crippen molar-refractivity contribution in [1.82, 2.24) is 59.8 Å². The largest absolute Gasteiger partial charge is 0.497 e. The van der Waals surface area contributed by atoms with E-state index in [4.69, 9.17) is 4.74 Å². The van der Waals surface area contributed by atoms with E-state index in [-0.39, 0.29) is 5.41 Å². The molecule has 0 unspecified atom stereocenters. The van der Waals surface area contributed by atoms with E-state index in [1.54, 1.807) is 7.11 Å². The van der Waals surface area contributed by atoms with Crippen LogP contribution in [0.1, 0.15) is 76.4 Å². The summed E-state index contributed by atoms with van der Waals surface area (Å²) in [5.74, 6) is 6.20. The average molecular weight is 1630 g/mol. The van der Waals surface area contributed by atoms with Crippen LogP contribution in [0.5, 0.6) is 5.75 Å². The average Bonchev–Trinajstić information content (AvgIpc) is 0.842. The van der Waals surface area contributed by atoms with E-state index in [2.05, 4.69) is 202 Å². The number of nitrogens with zero attached hydrogens (tertiary/aromatic N) is 12. The fourth-order valence-electron chi connectivity index (χ4n) is 12.4. The summed E-state index contributed by atoms with van der Waals surface area (Å²) in [4.78, 5) is 54.7. The lowest BCUT2D eigenvalue weighted by Gasteiger charge is -2.19. The predicted molar refractivity (Wildman–Crippen MR) is 504 cm³/mol. The monoisotopic (exact) mass is 1630 g/mol. The van der Waals surface area contributed by atoms with Crippen molar-refractivity contribution in [2.24, 2.45) is 0 Å². The zero-order valence-corrected chi connectivity index (χ0v) is 71.1. The Morgan fingerprint density at radius 3 is 0.537 bits per heavy atom. The van der Waals surface area contributed by atoms with Crippen LogP contribution in [0.3, 0.4) is 0 Å². The van der Waals surface area contributed by atoms with E-state index in [9.17, 15) is 0 Å². The second-order valence-electron chi connectivity index (χ2n) is 30.5. The van der Waals surface area contributed by atoms with Crippen molar-refractivity contribution in [1.29, 1.82) is 0 Å². The number of aryl methyl sites for hydroxylation is 9. The van der Waals surface area contributed by atoms with Crippen molar-refractivity contribution in [3.8, 4) is 5.75 Å². The molecule has 0 saturated heterocycles. The van der Waals surface area contributed by atoms with E-state index in [0.717, 1.165) is 119 Å². The van der Waals surface area contributed by atoms with Crippen LogP contribution in [0.4, 0.5) is 140 Å². The van der Waals surface area contributed by atoms with Crippen molar-refractivity contribution in [2.45, 2.75) is 88.5 Å². The number of methoxy groups -OCH3 is 1. The van der Waals surface area contributed by atoms with Gasteiger partial charge in [0.15, 0.2) is 0 Å². The molecular weight excluding hydrogens is 1530 g/mol. The molecule has 0 atom stereocenters. The summed E-state index contributed by atoms with van der Waals surface area (Å²) in [5.41, 5.74) is 22.7. The summed E-state index contributed by atoms with van der Waals surface area (Å²) in [6, 6.07) is 98.4. The van der Waals surface area contributed by atoms with Crippen molar-refractivity contribution >= 4 is 140 Å². The molecule has 16 rings (SSSR count). The Kier molecular flexibility index (Phi) is 28.3. The third kappa shape index (κ3) is 27.1. The first kappa shape index (κ1) is 85.0. The summed E-state index contributed by atoms with van der Waals surface area (Å²) in [5, 5.41) is 39.3. The van der Waals surface area contributed by atoms with Gasteiger partial charge in [-0.3, -0.25) is 0 Å². The van der Waals surface area contributed by atoms with Crippen molar-refractivity contribution in [3.63, 3.8) is 0 Å². The number of benzene rings is 12. The highest BCUT2D eigenvalue weighted by Crippen LogP contribution is 2.31. The molecule has 4 heterocycles. The highest BCUT2D eigenvalue weighted by Gasteiger charge is 2.17. The molecule has 12 N–H and O–H groups in total. The standard InChI is InChI=1S/C27H30N6.C24H24N6O.C24H24N6.C23H22N6/c1-18-8-6-10-22(16-18)29-25-31-24(28-21-14-12-20(13-15-21)27(3,4)5)32-26(33-25)30-23-11-7-9-19(2)17-23;1-16-6-4-8-19(14-16)26-23-28-22(25-18-10-12-21(31-3)13-11-18)29-24(30-23)27-20-9-5-7-17(2)15-20;1-16-10-12-19(13-11-16)25-22-28-23(26-20-8-4-6-17(2)14-20)30-24(29-22)27-21-9-5-7-18(3)15-21;1-16-8-6-12-19(14-16)25-22-27-21(24-18-10-4-3-5-11-18)28-23(29-22)26-20-13-7-9-17(2)15-20/h6-17H,1-5H3,(H3,28,29,30,31,32,33);4-15H,1-3H3,(H3,25,26,27,28,29,30);4-15H,1-3H3,(H3,25,26,27,28,29,30);3-15H,1-2H3,(H3,24,25,26,27,28,29). The zero-order valence-electron chi connectivity index (χ0n) is 71.1. The minimum Gasteiger partial charge on any atom is -0.497 e. The van der Waals surface area contributed by atoms with Gasteiger partial charge in [0.25, 0.3) is 0 Å². The molecule has 0 amide bonds. The lowest BCUT2D eigenvalue weighted by molar-refractivity contribution is 0.415. The van der Waals surface area contributed by atoms with Crippen LogP contribution in [0.2, 0.25) is 0 Å². The van der Waals surface area contributed by atoms with Gasteiger partial charge in [-0.2, -0.15) is 59.8 Å². The van der Waals surface area contributed by atoms with Gasteiger partial charge in [0, 0.05) is 68.2 Å². The number of rotatable bonds is 25. The molecule has 25 nitrogen and oxygen atoms in total. The molecule has 618 valence electrons. The Morgan fingerprint density at radius 1 is 0.179 bits per heavy atom. The van der Waals surface area contributed by atoms with E-state index in [1.807, 2.05) is 302 Å².